The fourth-order valence-corrected chi connectivity index (χ4v) is 9.70. The Bertz CT molecular complexity index is 2810. The molecule has 3 aliphatic rings. The van der Waals surface area contributed by atoms with E-state index in [9.17, 15) is 0 Å². The molecule has 3 aliphatic carbocycles. The zero-order chi connectivity index (χ0) is 32.4. The summed E-state index contributed by atoms with van der Waals surface area (Å²) >= 11 is 0. The molecule has 6 aromatic carbocycles. The lowest BCUT2D eigenvalue weighted by Gasteiger charge is -2.30. The largest absolute Gasteiger partial charge is 0.456 e. The van der Waals surface area contributed by atoms with Gasteiger partial charge in [0.05, 0.1) is 11.0 Å². The van der Waals surface area contributed by atoms with Gasteiger partial charge in [0, 0.05) is 56.2 Å². The summed E-state index contributed by atoms with van der Waals surface area (Å²) in [5.74, 6) is 0.208. The zero-order valence-corrected chi connectivity index (χ0v) is 27.3. The summed E-state index contributed by atoms with van der Waals surface area (Å²) in [4.78, 5) is 0. The number of fused-ring (bicyclic) bond motifs is 7. The number of nitrogens with two attached hydrogens (primary N) is 1. The predicted octanol–water partition coefficient (Wildman–Crippen LogP) is 11.9. The first kappa shape index (κ1) is 27.2. The molecule has 3 nitrogen and oxygen atoms in total. The van der Waals surface area contributed by atoms with E-state index in [0.29, 0.717) is 6.04 Å². The van der Waals surface area contributed by atoms with Crippen molar-refractivity contribution in [2.75, 3.05) is 0 Å². The van der Waals surface area contributed by atoms with Gasteiger partial charge in [-0.1, -0.05) is 128 Å². The summed E-state index contributed by atoms with van der Waals surface area (Å²) in [6.07, 6.45) is 11.1. The van der Waals surface area contributed by atoms with Crippen LogP contribution in [0.4, 0.5) is 0 Å². The molecule has 3 unspecified atom stereocenters. The number of para-hydroxylation sites is 1. The lowest BCUT2D eigenvalue weighted by Crippen LogP contribution is -2.22. The maximum absolute atomic E-state index is 7.01. The predicted molar refractivity (Wildman–Crippen MR) is 204 cm³/mol. The number of hydrogen-bond donors (Lipinski definition) is 1. The number of benzene rings is 6. The Morgan fingerprint density at radius 3 is 2.41 bits per heavy atom. The topological polar surface area (TPSA) is 44.1 Å². The van der Waals surface area contributed by atoms with E-state index in [1.807, 2.05) is 0 Å². The molecule has 0 saturated heterocycles. The van der Waals surface area contributed by atoms with Crippen LogP contribution >= 0.6 is 0 Å². The minimum Gasteiger partial charge on any atom is -0.456 e. The van der Waals surface area contributed by atoms with Crippen LogP contribution in [0.1, 0.15) is 31.4 Å². The monoisotopic (exact) mass is 630 g/mol. The fourth-order valence-electron chi connectivity index (χ4n) is 9.70. The van der Waals surface area contributed by atoms with Gasteiger partial charge in [0.2, 0.25) is 0 Å². The van der Waals surface area contributed by atoms with Gasteiger partial charge in [0.15, 0.2) is 0 Å². The summed E-state index contributed by atoms with van der Waals surface area (Å²) in [6, 6.07) is 42.1. The Labute approximate surface area is 284 Å². The third-order valence-electron chi connectivity index (χ3n) is 12.0. The van der Waals surface area contributed by atoms with Crippen molar-refractivity contribution in [2.24, 2.45) is 17.1 Å². The van der Waals surface area contributed by atoms with E-state index in [0.717, 1.165) is 35.3 Å². The van der Waals surface area contributed by atoms with E-state index in [-0.39, 0.29) is 11.3 Å². The Morgan fingerprint density at radius 1 is 0.735 bits per heavy atom. The number of hydrogen-bond acceptors (Lipinski definition) is 2. The molecule has 8 aromatic rings. The van der Waals surface area contributed by atoms with Gasteiger partial charge in [-0.05, 0) is 63.6 Å². The number of aromatic nitrogens is 1. The molecule has 2 aromatic heterocycles. The SMILES string of the molecule is CCC1(C2C=CC=C/C2=C(/N)c2ccccc2)CC1n1c2cc3oc4ccccc4c3c3c2c2c4c(cccc4ccc21)-c1ccccc1-3. The van der Waals surface area contributed by atoms with Gasteiger partial charge < -0.3 is 14.7 Å². The van der Waals surface area contributed by atoms with E-state index in [1.54, 1.807) is 0 Å². The zero-order valence-electron chi connectivity index (χ0n) is 27.3. The van der Waals surface area contributed by atoms with Crippen molar-refractivity contribution in [1.82, 2.24) is 4.57 Å². The van der Waals surface area contributed by atoms with Gasteiger partial charge in [-0.15, -0.1) is 0 Å². The molecule has 2 N–H and O–H groups in total. The first-order chi connectivity index (χ1) is 24.2. The Morgan fingerprint density at radius 2 is 1.53 bits per heavy atom. The third kappa shape index (κ3) is 3.47. The molecule has 0 radical (unpaired) electrons. The van der Waals surface area contributed by atoms with Crippen LogP contribution < -0.4 is 5.73 Å². The minimum atomic E-state index is 0.0222. The van der Waals surface area contributed by atoms with Crippen molar-refractivity contribution in [2.45, 2.75) is 25.8 Å². The smallest absolute Gasteiger partial charge is 0.138 e. The normalized spacial score (nSPS) is 21.8. The molecule has 234 valence electrons. The molecular formula is C46H34N2O. The lowest BCUT2D eigenvalue weighted by molar-refractivity contribution is 0.364. The van der Waals surface area contributed by atoms with Crippen molar-refractivity contribution in [3.05, 3.63) is 151 Å². The van der Waals surface area contributed by atoms with Gasteiger partial charge in [-0.3, -0.25) is 0 Å². The van der Waals surface area contributed by atoms with Crippen LogP contribution in [0.3, 0.4) is 0 Å². The molecule has 0 aliphatic heterocycles. The van der Waals surface area contributed by atoms with E-state index >= 15 is 0 Å². The first-order valence-corrected chi connectivity index (χ1v) is 17.5. The van der Waals surface area contributed by atoms with Crippen LogP contribution in [0.5, 0.6) is 0 Å². The second kappa shape index (κ2) is 9.64. The minimum absolute atomic E-state index is 0.0222. The standard InChI is InChI=1S/C46H34N2O/c1-2-46(34-21-10-8-18-32(34)45(47)28-13-4-3-5-14-28)26-39(46)48-35-24-23-27-15-12-20-30-29-16-6-7-17-31(29)42-41-33-19-9-11-22-37(33)49-38(41)25-36(48)44(42)43(35)40(27)30/h3-25,34,39H,2,26,47H2,1H3/b45-32-. The highest BCUT2D eigenvalue weighted by Gasteiger charge is 2.59. The molecule has 11 rings (SSSR count). The van der Waals surface area contributed by atoms with E-state index in [1.165, 1.54) is 71.2 Å². The highest BCUT2D eigenvalue weighted by atomic mass is 16.3. The molecule has 49 heavy (non-hydrogen) atoms. The molecule has 3 atom stereocenters. The van der Waals surface area contributed by atoms with Crippen LogP contribution in [0.2, 0.25) is 0 Å². The van der Waals surface area contributed by atoms with Gasteiger partial charge >= 0.3 is 0 Å². The highest BCUT2D eigenvalue weighted by molar-refractivity contribution is 6.35. The molecular weight excluding hydrogens is 597 g/mol. The summed E-state index contributed by atoms with van der Waals surface area (Å²) in [5, 5.41) is 7.70. The second-order valence-corrected chi connectivity index (χ2v) is 14.2. The fraction of sp³-hybridized carbons (Fsp3) is 0.130. The lowest BCUT2D eigenvalue weighted by atomic mass is 9.77. The van der Waals surface area contributed by atoms with Gasteiger partial charge in [0.25, 0.3) is 0 Å². The maximum atomic E-state index is 7.01. The van der Waals surface area contributed by atoms with Crippen molar-refractivity contribution < 1.29 is 4.42 Å². The number of allylic oxidation sites excluding steroid dienone is 5. The average Bonchev–Trinajstić information content (AvgIpc) is 3.68. The highest BCUT2D eigenvalue weighted by Crippen LogP contribution is 2.68. The Balaban J connectivity index is 1.25. The van der Waals surface area contributed by atoms with Crippen molar-refractivity contribution in [1.29, 1.82) is 0 Å². The molecule has 3 heteroatoms. The van der Waals surface area contributed by atoms with E-state index in [2.05, 4.69) is 151 Å². The van der Waals surface area contributed by atoms with Crippen molar-refractivity contribution in [3.63, 3.8) is 0 Å². The van der Waals surface area contributed by atoms with Crippen LogP contribution in [0.15, 0.2) is 150 Å². The van der Waals surface area contributed by atoms with Gasteiger partial charge in [-0.25, -0.2) is 0 Å². The molecule has 1 saturated carbocycles. The third-order valence-corrected chi connectivity index (χ3v) is 12.0. The summed E-state index contributed by atoms with van der Waals surface area (Å²) in [7, 11) is 0. The first-order valence-electron chi connectivity index (χ1n) is 17.5. The van der Waals surface area contributed by atoms with Gasteiger partial charge in [-0.2, -0.15) is 0 Å². The van der Waals surface area contributed by atoms with E-state index in [4.69, 9.17) is 10.2 Å². The van der Waals surface area contributed by atoms with Crippen LogP contribution in [0.25, 0.3) is 82.5 Å². The van der Waals surface area contributed by atoms with E-state index < -0.39 is 0 Å². The second-order valence-electron chi connectivity index (χ2n) is 14.2. The van der Waals surface area contributed by atoms with Gasteiger partial charge in [0.1, 0.15) is 11.2 Å². The quantitative estimate of drug-likeness (QED) is 0.210. The summed E-state index contributed by atoms with van der Waals surface area (Å²) in [5.41, 5.74) is 19.8. The van der Waals surface area contributed by atoms with Crippen LogP contribution in [-0.4, -0.2) is 4.57 Å². The molecule has 0 amide bonds. The summed E-state index contributed by atoms with van der Waals surface area (Å²) < 4.78 is 9.42. The van der Waals surface area contributed by atoms with Crippen molar-refractivity contribution in [3.8, 4) is 22.3 Å². The molecule has 0 spiro atoms. The average molecular weight is 631 g/mol. The number of nitrogens with zero attached hydrogens (tertiary/aromatic N) is 1. The molecule has 1 fully saturated rings. The van der Waals surface area contributed by atoms with Crippen LogP contribution in [0, 0.1) is 11.3 Å². The number of furan rings is 1. The van der Waals surface area contributed by atoms with Crippen molar-refractivity contribution >= 4 is 60.2 Å². The Hall–Kier alpha value is -5.80. The summed E-state index contributed by atoms with van der Waals surface area (Å²) in [6.45, 7) is 2.37. The number of rotatable bonds is 4. The molecule has 0 bridgehead atoms. The van der Waals surface area contributed by atoms with Crippen LogP contribution in [-0.2, 0) is 0 Å². The Kier molecular flexibility index (Phi) is 5.35. The maximum Gasteiger partial charge on any atom is 0.138 e. The molecule has 2 heterocycles.